The van der Waals surface area contributed by atoms with Crippen LogP contribution in [0.15, 0.2) is 54.1 Å². The summed E-state index contributed by atoms with van der Waals surface area (Å²) >= 11 is 0. The number of ketones is 1. The first-order valence-electron chi connectivity index (χ1n) is 7.07. The highest BCUT2D eigenvalue weighted by molar-refractivity contribution is 6.30. The van der Waals surface area contributed by atoms with E-state index in [1.54, 1.807) is 48.5 Å². The number of Topliss-reactive ketones (excluding diaryl/α,β-unsaturated/α-hetero) is 1. The molecule has 0 saturated heterocycles. The molecule has 6 heteroatoms. The molecule has 120 valence electrons. The van der Waals surface area contributed by atoms with Crippen molar-refractivity contribution in [3.8, 4) is 11.5 Å². The number of hydrogen-bond donors (Lipinski definition) is 1. The summed E-state index contributed by atoms with van der Waals surface area (Å²) in [7, 11) is 0. The quantitative estimate of drug-likeness (QED) is 0.402. The topological polar surface area (TPSA) is 89.9 Å². The highest BCUT2D eigenvalue weighted by Crippen LogP contribution is 2.28. The monoisotopic (exact) mass is 324 g/mol. The first kappa shape index (κ1) is 15.5. The van der Waals surface area contributed by atoms with E-state index in [1.807, 2.05) is 0 Å². The third-order valence-electron chi connectivity index (χ3n) is 3.35. The highest BCUT2D eigenvalue weighted by Gasteiger charge is 2.30. The maximum Gasteiger partial charge on any atom is 0.347 e. The number of benzene rings is 2. The Kier molecular flexibility index (Phi) is 4.11. The molecule has 2 aromatic rings. The summed E-state index contributed by atoms with van der Waals surface area (Å²) in [4.78, 5) is 34.9. The maximum absolute atomic E-state index is 12.4. The summed E-state index contributed by atoms with van der Waals surface area (Å²) in [5.74, 6) is -1.54. The standard InChI is InChI=1S/C18H12O6/c19-16(20)10-23-12-7-5-11(6-8-12)9-14-17(21)13-3-1-2-4-15(13)24-18(14)22/h1-9H,10H2,(H,19,20)/b14-9-. The largest absolute Gasteiger partial charge is 0.482 e. The summed E-state index contributed by atoms with van der Waals surface area (Å²) in [5.41, 5.74) is 0.870. The van der Waals surface area contributed by atoms with Crippen molar-refractivity contribution in [3.63, 3.8) is 0 Å². The Labute approximate surface area is 136 Å². The zero-order valence-corrected chi connectivity index (χ0v) is 12.4. The molecule has 0 fully saturated rings. The number of carboxylic acid groups (broad SMARTS) is 1. The second kappa shape index (κ2) is 6.37. The van der Waals surface area contributed by atoms with Gasteiger partial charge in [0, 0.05) is 0 Å². The molecule has 0 unspecified atom stereocenters. The van der Waals surface area contributed by atoms with Crippen LogP contribution < -0.4 is 9.47 Å². The molecule has 0 bridgehead atoms. The van der Waals surface area contributed by atoms with Gasteiger partial charge >= 0.3 is 11.9 Å². The highest BCUT2D eigenvalue weighted by atomic mass is 16.5. The minimum atomic E-state index is -1.07. The summed E-state index contributed by atoms with van der Waals surface area (Å²) in [6.07, 6.45) is 1.43. The van der Waals surface area contributed by atoms with E-state index in [4.69, 9.17) is 14.6 Å². The van der Waals surface area contributed by atoms with Gasteiger partial charge in [-0.15, -0.1) is 0 Å². The fourth-order valence-corrected chi connectivity index (χ4v) is 2.23. The number of carboxylic acids is 1. The van der Waals surface area contributed by atoms with Crippen molar-refractivity contribution >= 4 is 23.8 Å². The Bertz CT molecular complexity index is 848. The summed E-state index contributed by atoms with van der Waals surface area (Å²) in [5, 5.41) is 8.56. The molecule has 24 heavy (non-hydrogen) atoms. The smallest absolute Gasteiger partial charge is 0.347 e. The molecular weight excluding hydrogens is 312 g/mol. The van der Waals surface area contributed by atoms with Crippen LogP contribution in [0.25, 0.3) is 6.08 Å². The Morgan fingerprint density at radius 1 is 1.08 bits per heavy atom. The van der Waals surface area contributed by atoms with Gasteiger partial charge in [-0.2, -0.15) is 0 Å². The molecular formula is C18H12O6. The maximum atomic E-state index is 12.4. The van der Waals surface area contributed by atoms with Crippen LogP contribution in [0.2, 0.25) is 0 Å². The first-order chi connectivity index (χ1) is 11.5. The Morgan fingerprint density at radius 3 is 2.50 bits per heavy atom. The number of fused-ring (bicyclic) bond motifs is 1. The zero-order chi connectivity index (χ0) is 17.1. The van der Waals surface area contributed by atoms with Crippen molar-refractivity contribution in [2.45, 2.75) is 0 Å². The lowest BCUT2D eigenvalue weighted by atomic mass is 9.98. The van der Waals surface area contributed by atoms with Gasteiger partial charge in [0.25, 0.3) is 0 Å². The molecule has 2 aromatic carbocycles. The minimum Gasteiger partial charge on any atom is -0.482 e. The van der Waals surface area contributed by atoms with Crippen LogP contribution >= 0.6 is 0 Å². The van der Waals surface area contributed by atoms with Crippen molar-refractivity contribution < 1.29 is 29.0 Å². The molecule has 1 N–H and O–H groups in total. The lowest BCUT2D eigenvalue weighted by molar-refractivity contribution is -0.139. The van der Waals surface area contributed by atoms with Crippen LogP contribution in [0.5, 0.6) is 11.5 Å². The predicted molar refractivity (Wildman–Crippen MR) is 84.0 cm³/mol. The zero-order valence-electron chi connectivity index (χ0n) is 12.4. The van der Waals surface area contributed by atoms with Crippen LogP contribution in [0.3, 0.4) is 0 Å². The van der Waals surface area contributed by atoms with Crippen LogP contribution in [0.1, 0.15) is 15.9 Å². The van der Waals surface area contributed by atoms with E-state index >= 15 is 0 Å². The van der Waals surface area contributed by atoms with Crippen molar-refractivity contribution in [1.29, 1.82) is 0 Å². The molecule has 0 radical (unpaired) electrons. The molecule has 3 rings (SSSR count). The Morgan fingerprint density at radius 2 is 1.79 bits per heavy atom. The van der Waals surface area contributed by atoms with Gasteiger partial charge in [-0.25, -0.2) is 9.59 Å². The number of aliphatic carboxylic acids is 1. The number of carbonyl (C=O) groups excluding carboxylic acids is 2. The van der Waals surface area contributed by atoms with Crippen molar-refractivity contribution in [2.75, 3.05) is 6.61 Å². The van der Waals surface area contributed by atoms with Gasteiger partial charge in [0.05, 0.1) is 5.56 Å². The molecule has 0 amide bonds. The summed E-state index contributed by atoms with van der Waals surface area (Å²) in [6, 6.07) is 12.9. The van der Waals surface area contributed by atoms with E-state index < -0.39 is 24.3 Å². The second-order valence-electron chi connectivity index (χ2n) is 5.02. The van der Waals surface area contributed by atoms with Gasteiger partial charge in [0.2, 0.25) is 5.78 Å². The van der Waals surface area contributed by atoms with Gasteiger partial charge in [-0.05, 0) is 35.9 Å². The number of para-hydroxylation sites is 1. The van der Waals surface area contributed by atoms with Gasteiger partial charge in [0.1, 0.15) is 17.1 Å². The SMILES string of the molecule is O=C(O)COc1ccc(/C=C2\C(=O)Oc3ccccc3C2=O)cc1. The average molecular weight is 324 g/mol. The first-order valence-corrected chi connectivity index (χ1v) is 7.07. The van der Waals surface area contributed by atoms with Crippen molar-refractivity contribution in [2.24, 2.45) is 0 Å². The van der Waals surface area contributed by atoms with Crippen LogP contribution in [-0.4, -0.2) is 29.4 Å². The van der Waals surface area contributed by atoms with E-state index in [0.29, 0.717) is 16.9 Å². The minimum absolute atomic E-state index is 0.0621. The van der Waals surface area contributed by atoms with Crippen LogP contribution in [0.4, 0.5) is 0 Å². The number of ether oxygens (including phenoxy) is 2. The fraction of sp³-hybridized carbons (Fsp3) is 0.0556. The third kappa shape index (κ3) is 3.17. The van der Waals surface area contributed by atoms with Gasteiger partial charge < -0.3 is 14.6 Å². The van der Waals surface area contributed by atoms with Crippen LogP contribution in [0, 0.1) is 0 Å². The summed E-state index contributed by atoms with van der Waals surface area (Å²) < 4.78 is 10.2. The molecule has 0 aromatic heterocycles. The van der Waals surface area contributed by atoms with Gasteiger partial charge in [-0.3, -0.25) is 4.79 Å². The molecule has 1 heterocycles. The fourth-order valence-electron chi connectivity index (χ4n) is 2.23. The van der Waals surface area contributed by atoms with E-state index in [-0.39, 0.29) is 11.3 Å². The van der Waals surface area contributed by atoms with Gasteiger partial charge in [0.15, 0.2) is 6.61 Å². The molecule has 0 aliphatic carbocycles. The van der Waals surface area contributed by atoms with E-state index in [2.05, 4.69) is 0 Å². The molecule has 1 aliphatic rings. The van der Waals surface area contributed by atoms with Crippen LogP contribution in [-0.2, 0) is 9.59 Å². The Hall–Kier alpha value is -3.41. The lowest BCUT2D eigenvalue weighted by Gasteiger charge is -2.16. The normalized spacial score (nSPS) is 14.9. The molecule has 0 atom stereocenters. The third-order valence-corrected chi connectivity index (χ3v) is 3.35. The van der Waals surface area contributed by atoms with E-state index in [1.165, 1.54) is 6.08 Å². The van der Waals surface area contributed by atoms with E-state index in [9.17, 15) is 14.4 Å². The van der Waals surface area contributed by atoms with Gasteiger partial charge in [-0.1, -0.05) is 24.3 Å². The number of hydrogen-bond acceptors (Lipinski definition) is 5. The van der Waals surface area contributed by atoms with Crippen molar-refractivity contribution in [3.05, 3.63) is 65.2 Å². The number of esters is 1. The second-order valence-corrected chi connectivity index (χ2v) is 5.02. The van der Waals surface area contributed by atoms with E-state index in [0.717, 1.165) is 0 Å². The number of carbonyl (C=O) groups is 3. The summed E-state index contributed by atoms with van der Waals surface area (Å²) in [6.45, 7) is -0.442. The molecule has 0 spiro atoms. The number of rotatable bonds is 4. The Balaban J connectivity index is 1.84. The molecule has 1 aliphatic heterocycles. The molecule has 0 saturated carbocycles. The predicted octanol–water partition coefficient (Wildman–Crippen LogP) is 2.34. The van der Waals surface area contributed by atoms with Crippen molar-refractivity contribution in [1.82, 2.24) is 0 Å². The average Bonchev–Trinajstić information content (AvgIpc) is 2.58. The molecule has 6 nitrogen and oxygen atoms in total. The lowest BCUT2D eigenvalue weighted by Crippen LogP contribution is -2.24.